The third-order valence-electron chi connectivity index (χ3n) is 4.43. The van der Waals surface area contributed by atoms with Crippen LogP contribution < -0.4 is 23.7 Å². The van der Waals surface area contributed by atoms with Gasteiger partial charge in [0.1, 0.15) is 5.75 Å². The molecule has 0 amide bonds. The fourth-order valence-corrected chi connectivity index (χ4v) is 3.14. The number of hydrogen-bond acceptors (Lipinski definition) is 6. The molecule has 3 aromatic carbocycles. The molecule has 0 radical (unpaired) electrons. The van der Waals surface area contributed by atoms with E-state index in [1.807, 2.05) is 30.3 Å². The highest BCUT2D eigenvalue weighted by Gasteiger charge is 2.16. The lowest BCUT2D eigenvalue weighted by Crippen LogP contribution is -2.02. The Balaban J connectivity index is 2.30. The van der Waals surface area contributed by atoms with Crippen LogP contribution in [-0.2, 0) is 4.79 Å². The van der Waals surface area contributed by atoms with Crippen LogP contribution in [0, 0.1) is 0 Å². The maximum absolute atomic E-state index is 11.5. The average molecular weight is 382 g/mol. The van der Waals surface area contributed by atoms with Gasteiger partial charge in [0.2, 0.25) is 0 Å². The number of fused-ring (bicyclic) bond motifs is 1. The summed E-state index contributed by atoms with van der Waals surface area (Å²) in [5.74, 6) is 2.45. The van der Waals surface area contributed by atoms with Crippen molar-refractivity contribution >= 4 is 16.7 Å². The lowest BCUT2D eigenvalue weighted by molar-refractivity contribution is -0.131. The van der Waals surface area contributed by atoms with E-state index in [4.69, 9.17) is 23.7 Å². The standard InChI is InChI=1S/C22H22O6/c1-13(23)28-18-9-7-15(14-6-8-19(24-2)20(10-14)25-3)16-11-21(26-4)22(27-5)12-17(16)18/h6-12H,1-5H3. The van der Waals surface area contributed by atoms with Gasteiger partial charge in [-0.15, -0.1) is 0 Å². The van der Waals surface area contributed by atoms with Gasteiger partial charge in [0.25, 0.3) is 0 Å². The van der Waals surface area contributed by atoms with E-state index in [0.29, 0.717) is 28.7 Å². The Morgan fingerprint density at radius 2 is 1.18 bits per heavy atom. The fourth-order valence-electron chi connectivity index (χ4n) is 3.14. The van der Waals surface area contributed by atoms with Gasteiger partial charge in [-0.05, 0) is 46.8 Å². The molecule has 0 aliphatic rings. The molecule has 3 rings (SSSR count). The van der Waals surface area contributed by atoms with Crippen molar-refractivity contribution in [2.75, 3.05) is 28.4 Å². The summed E-state index contributed by atoms with van der Waals surface area (Å²) in [5, 5.41) is 1.59. The zero-order valence-electron chi connectivity index (χ0n) is 16.5. The summed E-state index contributed by atoms with van der Waals surface area (Å²) < 4.78 is 27.0. The molecule has 0 bridgehead atoms. The molecule has 146 valence electrons. The molecule has 6 nitrogen and oxygen atoms in total. The number of esters is 1. The van der Waals surface area contributed by atoms with Crippen LogP contribution in [0.5, 0.6) is 28.7 Å². The third kappa shape index (κ3) is 3.53. The summed E-state index contributed by atoms with van der Waals surface area (Å²) >= 11 is 0. The van der Waals surface area contributed by atoms with Gasteiger partial charge < -0.3 is 23.7 Å². The molecule has 0 aromatic heterocycles. The maximum Gasteiger partial charge on any atom is 0.308 e. The first kappa shape index (κ1) is 19.4. The first-order valence-corrected chi connectivity index (χ1v) is 8.62. The minimum Gasteiger partial charge on any atom is -0.493 e. The molecule has 0 saturated carbocycles. The Hall–Kier alpha value is -3.41. The van der Waals surface area contributed by atoms with Crippen LogP contribution in [-0.4, -0.2) is 34.4 Å². The SMILES string of the molecule is COc1ccc(-c2ccc(OC(C)=O)c3cc(OC)c(OC)cc23)cc1OC. The Kier molecular flexibility index (Phi) is 5.59. The normalized spacial score (nSPS) is 10.5. The number of methoxy groups -OCH3 is 4. The highest BCUT2D eigenvalue weighted by Crippen LogP contribution is 2.42. The largest absolute Gasteiger partial charge is 0.493 e. The van der Waals surface area contributed by atoms with E-state index in [9.17, 15) is 4.79 Å². The van der Waals surface area contributed by atoms with Gasteiger partial charge in [-0.25, -0.2) is 0 Å². The number of rotatable bonds is 6. The van der Waals surface area contributed by atoms with Crippen LogP contribution in [0.15, 0.2) is 42.5 Å². The van der Waals surface area contributed by atoms with Crippen LogP contribution in [0.2, 0.25) is 0 Å². The molecule has 0 fully saturated rings. The highest BCUT2D eigenvalue weighted by atomic mass is 16.5. The second-order valence-corrected chi connectivity index (χ2v) is 6.03. The molecule has 0 N–H and O–H groups in total. The number of carbonyl (C=O) groups is 1. The second-order valence-electron chi connectivity index (χ2n) is 6.03. The Labute approximate surface area is 163 Å². The minimum absolute atomic E-state index is 0.394. The molecule has 0 unspecified atom stereocenters. The number of benzene rings is 3. The van der Waals surface area contributed by atoms with E-state index < -0.39 is 5.97 Å². The van der Waals surface area contributed by atoms with Crippen molar-refractivity contribution < 1.29 is 28.5 Å². The molecule has 28 heavy (non-hydrogen) atoms. The highest BCUT2D eigenvalue weighted by molar-refractivity contribution is 6.02. The molecule has 0 saturated heterocycles. The second kappa shape index (κ2) is 8.08. The Bertz CT molecular complexity index is 1030. The number of hydrogen-bond donors (Lipinski definition) is 0. The lowest BCUT2D eigenvalue weighted by atomic mass is 9.96. The summed E-state index contributed by atoms with van der Waals surface area (Å²) in [6, 6.07) is 13.0. The summed E-state index contributed by atoms with van der Waals surface area (Å²) in [7, 11) is 6.33. The van der Waals surface area contributed by atoms with Crippen molar-refractivity contribution in [2.45, 2.75) is 6.92 Å². The molecule has 0 atom stereocenters. The molecule has 6 heteroatoms. The predicted molar refractivity (Wildman–Crippen MR) is 107 cm³/mol. The Morgan fingerprint density at radius 1 is 0.643 bits per heavy atom. The van der Waals surface area contributed by atoms with E-state index in [0.717, 1.165) is 21.9 Å². The average Bonchev–Trinajstić information content (AvgIpc) is 2.72. The smallest absolute Gasteiger partial charge is 0.308 e. The van der Waals surface area contributed by atoms with Crippen LogP contribution in [0.4, 0.5) is 0 Å². The molecular weight excluding hydrogens is 360 g/mol. The van der Waals surface area contributed by atoms with Crippen LogP contribution in [0.25, 0.3) is 21.9 Å². The van der Waals surface area contributed by atoms with Crippen molar-refractivity contribution in [3.8, 4) is 39.9 Å². The first-order valence-electron chi connectivity index (χ1n) is 8.62. The molecule has 0 spiro atoms. The van der Waals surface area contributed by atoms with Gasteiger partial charge in [-0.3, -0.25) is 4.79 Å². The fraction of sp³-hybridized carbons (Fsp3) is 0.227. The van der Waals surface area contributed by atoms with Crippen molar-refractivity contribution in [1.82, 2.24) is 0 Å². The Morgan fingerprint density at radius 3 is 1.75 bits per heavy atom. The summed E-state index contributed by atoms with van der Waals surface area (Å²) in [5.41, 5.74) is 1.84. The number of ether oxygens (including phenoxy) is 5. The predicted octanol–water partition coefficient (Wildman–Crippen LogP) is 4.47. The van der Waals surface area contributed by atoms with Gasteiger partial charge in [0, 0.05) is 12.3 Å². The molecule has 0 aliphatic heterocycles. The van der Waals surface area contributed by atoms with Crippen molar-refractivity contribution in [2.24, 2.45) is 0 Å². The van der Waals surface area contributed by atoms with E-state index in [-0.39, 0.29) is 0 Å². The van der Waals surface area contributed by atoms with Crippen molar-refractivity contribution in [3.63, 3.8) is 0 Å². The summed E-state index contributed by atoms with van der Waals surface area (Å²) in [6.45, 7) is 1.37. The van der Waals surface area contributed by atoms with E-state index >= 15 is 0 Å². The van der Waals surface area contributed by atoms with Gasteiger partial charge in [-0.1, -0.05) is 12.1 Å². The monoisotopic (exact) mass is 382 g/mol. The van der Waals surface area contributed by atoms with E-state index in [1.165, 1.54) is 6.92 Å². The van der Waals surface area contributed by atoms with Crippen LogP contribution in [0.3, 0.4) is 0 Å². The third-order valence-corrected chi connectivity index (χ3v) is 4.43. The number of carbonyl (C=O) groups excluding carboxylic acids is 1. The molecule has 3 aromatic rings. The molecule has 0 heterocycles. The maximum atomic E-state index is 11.5. The van der Waals surface area contributed by atoms with Gasteiger partial charge in [0.05, 0.1) is 28.4 Å². The summed E-state index contributed by atoms with van der Waals surface area (Å²) in [4.78, 5) is 11.5. The van der Waals surface area contributed by atoms with Crippen LogP contribution in [0.1, 0.15) is 6.92 Å². The van der Waals surface area contributed by atoms with Gasteiger partial charge in [0.15, 0.2) is 23.0 Å². The zero-order chi connectivity index (χ0) is 20.3. The minimum atomic E-state index is -0.394. The summed E-state index contributed by atoms with van der Waals surface area (Å²) in [6.07, 6.45) is 0. The van der Waals surface area contributed by atoms with E-state index in [2.05, 4.69) is 0 Å². The first-order chi connectivity index (χ1) is 13.5. The van der Waals surface area contributed by atoms with Gasteiger partial charge >= 0.3 is 5.97 Å². The zero-order valence-corrected chi connectivity index (χ0v) is 16.5. The quantitative estimate of drug-likeness (QED) is 0.463. The molecular formula is C22H22O6. The van der Waals surface area contributed by atoms with E-state index in [1.54, 1.807) is 40.6 Å². The van der Waals surface area contributed by atoms with Gasteiger partial charge in [-0.2, -0.15) is 0 Å². The van der Waals surface area contributed by atoms with Crippen molar-refractivity contribution in [1.29, 1.82) is 0 Å². The lowest BCUT2D eigenvalue weighted by Gasteiger charge is -2.16. The molecule has 0 aliphatic carbocycles. The van der Waals surface area contributed by atoms with Crippen molar-refractivity contribution in [3.05, 3.63) is 42.5 Å². The van der Waals surface area contributed by atoms with Crippen LogP contribution >= 0.6 is 0 Å². The topological polar surface area (TPSA) is 63.2 Å².